The number of ether oxygens (including phenoxy) is 10. The van der Waals surface area contributed by atoms with E-state index < -0.39 is 173 Å². The molecule has 5 aliphatic heterocycles. The quantitative estimate of drug-likeness (QED) is 0.0719. The van der Waals surface area contributed by atoms with Crippen molar-refractivity contribution in [1.82, 2.24) is 0 Å². The monoisotopic (exact) mass is 1060 g/mol. The summed E-state index contributed by atoms with van der Waals surface area (Å²) >= 11 is 0. The van der Waals surface area contributed by atoms with E-state index in [2.05, 4.69) is 6.58 Å². The van der Waals surface area contributed by atoms with E-state index in [1.165, 1.54) is 19.9 Å². The van der Waals surface area contributed by atoms with Gasteiger partial charge in [0, 0.05) is 44.1 Å². The van der Waals surface area contributed by atoms with Gasteiger partial charge in [0.25, 0.3) is 0 Å². The molecule has 5 heterocycles. The molecule has 5 rings (SSSR count). The molecule has 0 amide bonds. The molecule has 0 aromatic carbocycles. The van der Waals surface area contributed by atoms with Crippen LogP contribution in [0.2, 0.25) is 0 Å². The molecule has 0 aromatic rings. The summed E-state index contributed by atoms with van der Waals surface area (Å²) in [7, 11) is 0. The van der Waals surface area contributed by atoms with Gasteiger partial charge < -0.3 is 119 Å². The molecule has 5 fully saturated rings. The summed E-state index contributed by atoms with van der Waals surface area (Å²) in [5.41, 5.74) is 9.24. The first-order valence-corrected chi connectivity index (χ1v) is 18.4. The first kappa shape index (κ1) is 50.9. The molecule has 58 heavy (non-hydrogen) atoms. The van der Waals surface area contributed by atoms with Gasteiger partial charge in [0.05, 0.1) is 44.7 Å². The smallest absolute Gasteiger partial charge is 0.187 e. The molecule has 5 saturated heterocycles. The topological polar surface area (TPSA) is 379 Å². The molecule has 17 unspecified atom stereocenters. The van der Waals surface area contributed by atoms with Gasteiger partial charge in [-0.1, -0.05) is 12.1 Å². The number of aliphatic hydroxyl groups is 13. The van der Waals surface area contributed by atoms with Crippen molar-refractivity contribution in [3.8, 4) is 0 Å². The van der Waals surface area contributed by atoms with Gasteiger partial charge in [-0.05, 0) is 13.8 Å². The third-order valence-electron chi connectivity index (χ3n) is 10.6. The SMILES string of the molecule is C=CCOC1OC(CO)[C@H](O)C(OC2OC(CO)[C@@H](O[C@@H]3OC(CO)[C@H](O)C(O)C3O[C@@H]3OC(C)[C@@H](O)C(O)C3O)C(O[C@@H]3OC(C)[C@@H](O)C(O)C3O)C2[NH-])C1O.[Ac]. The fourth-order valence-corrected chi connectivity index (χ4v) is 7.19. The maximum absolute atomic E-state index is 11.2. The van der Waals surface area contributed by atoms with Gasteiger partial charge in [-0.3, -0.25) is 0 Å². The van der Waals surface area contributed by atoms with Crippen LogP contribution in [-0.2, 0) is 47.4 Å². The number of hydrogen-bond donors (Lipinski definition) is 13. The molecule has 0 spiro atoms. The third kappa shape index (κ3) is 10.8. The Balaban J connectivity index is 0.00000744. The Morgan fingerprint density at radius 2 is 0.914 bits per heavy atom. The van der Waals surface area contributed by atoms with Crippen molar-refractivity contribution in [1.29, 1.82) is 0 Å². The molecular formula is C33H56AcNO23-. The number of rotatable bonds is 14. The Morgan fingerprint density at radius 1 is 0.466 bits per heavy atom. The fourth-order valence-electron chi connectivity index (χ4n) is 7.19. The zero-order valence-electron chi connectivity index (χ0n) is 31.5. The molecule has 335 valence electrons. The van der Waals surface area contributed by atoms with E-state index in [0.29, 0.717) is 0 Å². The summed E-state index contributed by atoms with van der Waals surface area (Å²) in [5, 5.41) is 137. The number of nitrogens with one attached hydrogen (secondary N) is 1. The van der Waals surface area contributed by atoms with Gasteiger partial charge in [0.15, 0.2) is 25.2 Å². The van der Waals surface area contributed by atoms with E-state index in [-0.39, 0.29) is 50.7 Å². The Hall–Kier alpha value is 0.222. The summed E-state index contributed by atoms with van der Waals surface area (Å²) in [6, 6.07) is -1.87. The first-order chi connectivity index (χ1) is 27.0. The second-order valence-electron chi connectivity index (χ2n) is 14.6. The van der Waals surface area contributed by atoms with Crippen molar-refractivity contribution < 1.29 is 158 Å². The van der Waals surface area contributed by atoms with Crippen molar-refractivity contribution in [2.45, 2.75) is 167 Å². The number of hydrogen-bond acceptors (Lipinski definition) is 23. The molecule has 25 heteroatoms. The second-order valence-corrected chi connectivity index (χ2v) is 14.6. The minimum absolute atomic E-state index is 0. The average molecular weight is 1060 g/mol. The summed E-state index contributed by atoms with van der Waals surface area (Å²) in [4.78, 5) is 0. The van der Waals surface area contributed by atoms with Gasteiger partial charge in [0.1, 0.15) is 104 Å². The molecular weight excluding hydrogens is 1010 g/mol. The first-order valence-electron chi connectivity index (χ1n) is 18.4. The van der Waals surface area contributed by atoms with Gasteiger partial charge in [-0.25, -0.2) is 0 Å². The fraction of sp³-hybridized carbons (Fsp3) is 0.939. The molecule has 0 aliphatic carbocycles. The van der Waals surface area contributed by atoms with Gasteiger partial charge in [-0.15, -0.1) is 6.58 Å². The van der Waals surface area contributed by atoms with Crippen molar-refractivity contribution in [3.05, 3.63) is 18.4 Å². The Bertz CT molecular complexity index is 1270. The van der Waals surface area contributed by atoms with Crippen LogP contribution >= 0.6 is 0 Å². The van der Waals surface area contributed by atoms with Gasteiger partial charge in [0.2, 0.25) is 0 Å². The molecule has 0 saturated carbocycles. The van der Waals surface area contributed by atoms with Crippen LogP contribution in [-0.4, -0.2) is 246 Å². The average Bonchev–Trinajstić information content (AvgIpc) is 3.19. The van der Waals surface area contributed by atoms with Crippen LogP contribution < -0.4 is 0 Å². The normalized spacial score (nSPS) is 51.5. The molecule has 24 nitrogen and oxygen atoms in total. The predicted molar refractivity (Wildman–Crippen MR) is 180 cm³/mol. The van der Waals surface area contributed by atoms with E-state index in [0.717, 1.165) is 0 Å². The van der Waals surface area contributed by atoms with Crippen LogP contribution in [0.3, 0.4) is 0 Å². The van der Waals surface area contributed by atoms with E-state index in [1.807, 2.05) is 0 Å². The Labute approximate surface area is 368 Å². The second kappa shape index (κ2) is 22.2. The number of aliphatic hydroxyl groups excluding tert-OH is 13. The Kier molecular flexibility index (Phi) is 19.5. The summed E-state index contributed by atoms with van der Waals surface area (Å²) < 4.78 is 57.5. The van der Waals surface area contributed by atoms with Crippen LogP contribution in [0.1, 0.15) is 13.8 Å². The maximum Gasteiger partial charge on any atom is 0.187 e. The maximum atomic E-state index is 11.2. The summed E-state index contributed by atoms with van der Waals surface area (Å²) in [6.45, 7) is 3.47. The zero-order valence-corrected chi connectivity index (χ0v) is 36.3. The Morgan fingerprint density at radius 3 is 1.43 bits per heavy atom. The van der Waals surface area contributed by atoms with Crippen molar-refractivity contribution in [3.63, 3.8) is 0 Å². The van der Waals surface area contributed by atoms with E-state index in [9.17, 15) is 72.1 Å². The van der Waals surface area contributed by atoms with Crippen LogP contribution in [0.25, 0.3) is 5.73 Å². The third-order valence-corrected chi connectivity index (χ3v) is 10.6. The molecule has 25 atom stereocenters. The van der Waals surface area contributed by atoms with Crippen LogP contribution in [0, 0.1) is 44.1 Å². The molecule has 0 aromatic heterocycles. The van der Waals surface area contributed by atoms with Crippen molar-refractivity contribution in [2.24, 2.45) is 0 Å². The standard InChI is InChI=1S/C33H56NO23.Ac/c1-4-5-48-30-24(47)27(18(41)12(7-36)51-30)56-29-14(34)26(55-31-22(45)19(42)15(38)9(2)49-31)25(13(8-37)53-29)54-33-28(21(44)17(40)11(6-35)52-33)57-32-23(46)20(43)16(39)10(3)50-32;/h4,9-47H,1,5-8H2,2-3H3;/q-1;/t9?,10?,11?,12?,13?,14?,15-,16-,17+,18+,19?,20?,21?,22?,23?,24?,25-,26?,27?,28?,29?,30?,31+,32+,33+;/m1./s1. The minimum Gasteiger partial charge on any atom is -0.668 e. The molecule has 1 radical (unpaired) electrons. The predicted octanol–water partition coefficient (Wildman–Crippen LogP) is -7.60. The van der Waals surface area contributed by atoms with E-state index in [1.54, 1.807) is 0 Å². The zero-order chi connectivity index (χ0) is 42.0. The minimum atomic E-state index is -1.98. The van der Waals surface area contributed by atoms with Crippen LogP contribution in [0.15, 0.2) is 12.7 Å². The van der Waals surface area contributed by atoms with E-state index in [4.69, 9.17) is 47.4 Å². The van der Waals surface area contributed by atoms with Gasteiger partial charge in [-0.2, -0.15) is 0 Å². The summed E-state index contributed by atoms with van der Waals surface area (Å²) in [5.74, 6) is 0. The largest absolute Gasteiger partial charge is 0.668 e. The van der Waals surface area contributed by atoms with E-state index >= 15 is 0 Å². The van der Waals surface area contributed by atoms with Crippen molar-refractivity contribution in [2.75, 3.05) is 26.4 Å². The molecule has 14 N–H and O–H groups in total. The summed E-state index contributed by atoms with van der Waals surface area (Å²) in [6.07, 6.45) is -39.4. The van der Waals surface area contributed by atoms with Gasteiger partial charge >= 0.3 is 0 Å². The van der Waals surface area contributed by atoms with Crippen LogP contribution in [0.4, 0.5) is 0 Å². The molecule has 5 aliphatic rings. The molecule has 0 bridgehead atoms. The van der Waals surface area contributed by atoms with Crippen LogP contribution in [0.5, 0.6) is 0 Å². The van der Waals surface area contributed by atoms with Crippen molar-refractivity contribution >= 4 is 0 Å².